The molecule has 0 saturated heterocycles. The first-order valence-corrected chi connectivity index (χ1v) is 45.5. The van der Waals surface area contributed by atoms with E-state index in [4.69, 9.17) is 4.42 Å². The lowest BCUT2D eigenvalue weighted by Gasteiger charge is -2.46. The van der Waals surface area contributed by atoms with Gasteiger partial charge in [0.15, 0.2) is 0 Å². The first-order valence-electron chi connectivity index (χ1n) is 44.7. The van der Waals surface area contributed by atoms with Crippen LogP contribution in [0.1, 0.15) is 158 Å². The van der Waals surface area contributed by atoms with Gasteiger partial charge in [-0.1, -0.05) is 367 Å². The monoisotopic (exact) mass is 1640 g/mol. The number of furan rings is 1. The molecule has 2 aliphatic heterocycles. The maximum Gasteiger partial charge on any atom is 0.252 e. The van der Waals surface area contributed by atoms with E-state index in [0.717, 1.165) is 128 Å². The number of benzene rings is 16. The zero-order chi connectivity index (χ0) is 86.7. The summed E-state index contributed by atoms with van der Waals surface area (Å²) >= 11 is 1.88. The highest BCUT2D eigenvalue weighted by molar-refractivity contribution is 7.26. The Balaban J connectivity index is 1.02. The van der Waals surface area contributed by atoms with Crippen molar-refractivity contribution in [2.75, 3.05) is 9.80 Å². The van der Waals surface area contributed by atoms with Gasteiger partial charge in [-0.05, 0) is 251 Å². The van der Waals surface area contributed by atoms with E-state index < -0.39 is 0 Å². The van der Waals surface area contributed by atoms with E-state index in [1.165, 1.54) is 97.8 Å². The molecule has 614 valence electrons. The summed E-state index contributed by atoms with van der Waals surface area (Å²) < 4.78 is 9.60. The molecule has 2 aliphatic rings. The van der Waals surface area contributed by atoms with Crippen LogP contribution >= 0.6 is 11.3 Å². The van der Waals surface area contributed by atoms with Crippen molar-refractivity contribution in [1.29, 1.82) is 0 Å². The van der Waals surface area contributed by atoms with Crippen molar-refractivity contribution >= 4 is 111 Å². The lowest BCUT2D eigenvalue weighted by Crippen LogP contribution is -2.61. The van der Waals surface area contributed by atoms with Gasteiger partial charge >= 0.3 is 0 Å². The van der Waals surface area contributed by atoms with Crippen LogP contribution in [0.15, 0.2) is 338 Å². The highest BCUT2D eigenvalue weighted by atomic mass is 32.1. The van der Waals surface area contributed by atoms with Crippen molar-refractivity contribution in [2.45, 2.75) is 157 Å². The smallest absolute Gasteiger partial charge is 0.252 e. The van der Waals surface area contributed by atoms with Crippen molar-refractivity contribution in [2.24, 2.45) is 0 Å². The van der Waals surface area contributed by atoms with Gasteiger partial charge in [-0.25, -0.2) is 0 Å². The second kappa shape index (κ2) is 30.0. The van der Waals surface area contributed by atoms with Gasteiger partial charge in [0.05, 0.1) is 11.4 Å². The molecule has 5 heteroatoms. The number of hydrogen-bond donors (Lipinski definition) is 0. The Morgan fingerprint density at radius 1 is 0.224 bits per heavy atom. The molecule has 0 amide bonds. The summed E-state index contributed by atoms with van der Waals surface area (Å²) in [4.78, 5) is 5.58. The zero-order valence-corrected chi connectivity index (χ0v) is 76.4. The molecule has 0 saturated carbocycles. The fraction of sp³-hybridized carbons (Fsp3) is 0.200. The molecule has 0 fully saturated rings. The topological polar surface area (TPSA) is 19.6 Å². The molecular weight excluding hydrogens is 1530 g/mol. The third-order valence-electron chi connectivity index (χ3n) is 26.5. The Bertz CT molecular complexity index is 7010. The lowest BCUT2D eigenvalue weighted by atomic mass is 9.33. The van der Waals surface area contributed by atoms with Gasteiger partial charge in [-0.2, -0.15) is 0 Å². The van der Waals surface area contributed by atoms with E-state index in [1.54, 1.807) is 0 Å². The number of hydrogen-bond acceptors (Lipinski definition) is 4. The molecule has 0 unspecified atom stereocenters. The van der Waals surface area contributed by atoms with Gasteiger partial charge in [0.1, 0.15) is 11.2 Å². The van der Waals surface area contributed by atoms with Gasteiger partial charge < -0.3 is 14.2 Å². The highest BCUT2D eigenvalue weighted by Crippen LogP contribution is 2.58. The number of para-hydroxylation sites is 1. The van der Waals surface area contributed by atoms with Crippen LogP contribution in [0, 0.1) is 0 Å². The molecule has 0 aliphatic carbocycles. The molecule has 2 aromatic heterocycles. The van der Waals surface area contributed by atoms with E-state index >= 15 is 0 Å². The van der Waals surface area contributed by atoms with Crippen LogP contribution in [0.25, 0.3) is 142 Å². The van der Waals surface area contributed by atoms with Gasteiger partial charge in [-0.15, -0.1) is 11.3 Å². The van der Waals surface area contributed by atoms with E-state index in [9.17, 15) is 0 Å². The van der Waals surface area contributed by atoms with Crippen molar-refractivity contribution < 1.29 is 4.42 Å². The number of nitrogens with zero attached hydrogens (tertiary/aromatic N) is 2. The van der Waals surface area contributed by atoms with E-state index in [1.807, 2.05) is 11.3 Å². The molecule has 125 heavy (non-hydrogen) atoms. The Morgan fingerprint density at radius 2 is 0.584 bits per heavy atom. The van der Waals surface area contributed by atoms with Crippen LogP contribution in [0.3, 0.4) is 0 Å². The average Bonchev–Trinajstić information content (AvgIpc) is 0.993. The molecule has 20 rings (SSSR count). The molecule has 0 bridgehead atoms. The van der Waals surface area contributed by atoms with Crippen molar-refractivity contribution in [3.63, 3.8) is 0 Å². The standard InChI is InChI=1S/C120H109BN2OS/c1-115(2,3)86-60-83(61-87(68-86)116(4,5)6)79-53-55-100-103(65-79)123(113-96(76-41-27-21-28-42-76)70-90(119(13,14)15)71-97(113)77-43-29-22-30-44-77)105-67-85(84-62-88(117(7,8)9)69-89(63-84)118(10,11)12)66-104-112(105)121(100)101-64-78(82-58-80(74-37-23-19-24-38-74)57-81(59-82)75-39-25-20-26-40-75)54-56-102(101)122(104)114-98(92-47-35-50-107-110(92)94-45-31-33-49-106(94)124-107)72-91(120(16,17)18)73-99(114)93-48-36-52-109-111(93)95-46-32-34-51-108(95)125-109/h19-73H,1-18H3. The Hall–Kier alpha value is -12.8. The fourth-order valence-corrected chi connectivity index (χ4v) is 20.5. The van der Waals surface area contributed by atoms with Crippen LogP contribution in [0.2, 0.25) is 0 Å². The van der Waals surface area contributed by atoms with Crippen molar-refractivity contribution in [3.05, 3.63) is 367 Å². The van der Waals surface area contributed by atoms with Crippen molar-refractivity contribution in [3.8, 4) is 100 Å². The third-order valence-corrected chi connectivity index (χ3v) is 27.6. The normalized spacial score (nSPS) is 13.2. The van der Waals surface area contributed by atoms with Gasteiger partial charge in [0.2, 0.25) is 0 Å². The highest BCUT2D eigenvalue weighted by Gasteiger charge is 2.47. The molecule has 4 heterocycles. The fourth-order valence-electron chi connectivity index (χ4n) is 19.4. The first kappa shape index (κ1) is 80.6. The second-order valence-electron chi connectivity index (χ2n) is 41.3. The number of fused-ring (bicyclic) bond motifs is 10. The Labute approximate surface area is 743 Å². The predicted molar refractivity (Wildman–Crippen MR) is 542 cm³/mol. The summed E-state index contributed by atoms with van der Waals surface area (Å²) in [5.41, 5.74) is 39.1. The minimum absolute atomic E-state index is 0.142. The number of thiophene rings is 1. The molecule has 0 atom stereocenters. The van der Waals surface area contributed by atoms with Crippen LogP contribution in [0.5, 0.6) is 0 Å². The van der Waals surface area contributed by atoms with Crippen LogP contribution in [-0.2, 0) is 32.5 Å². The Morgan fingerprint density at radius 3 is 1.10 bits per heavy atom. The summed E-state index contributed by atoms with van der Waals surface area (Å²) in [6.07, 6.45) is 0. The average molecular weight is 1640 g/mol. The Kier molecular flexibility index (Phi) is 19.3. The molecule has 0 N–H and O–H groups in total. The molecule has 16 aromatic carbocycles. The summed E-state index contributed by atoms with van der Waals surface area (Å²) in [5.74, 6) is 0. The molecule has 18 aromatic rings. The van der Waals surface area contributed by atoms with Crippen LogP contribution in [0.4, 0.5) is 34.1 Å². The summed E-state index contributed by atoms with van der Waals surface area (Å²) in [5, 5.41) is 4.66. The molecular formula is C120H109BN2OS. The summed E-state index contributed by atoms with van der Waals surface area (Å²) in [6.45, 7) is 42.4. The van der Waals surface area contributed by atoms with E-state index in [-0.39, 0.29) is 39.2 Å². The minimum atomic E-state index is -0.357. The largest absolute Gasteiger partial charge is 0.456 e. The third kappa shape index (κ3) is 14.4. The summed E-state index contributed by atoms with van der Waals surface area (Å²) in [6, 6.07) is 129. The zero-order valence-electron chi connectivity index (χ0n) is 75.5. The quantitative estimate of drug-likeness (QED) is 0.120. The van der Waals surface area contributed by atoms with E-state index in [2.05, 4.69) is 468 Å². The van der Waals surface area contributed by atoms with Gasteiger partial charge in [0, 0.05) is 75.9 Å². The van der Waals surface area contributed by atoms with Crippen molar-refractivity contribution in [1.82, 2.24) is 0 Å². The van der Waals surface area contributed by atoms with Gasteiger partial charge in [0.25, 0.3) is 6.71 Å². The second-order valence-corrected chi connectivity index (χ2v) is 42.4. The van der Waals surface area contributed by atoms with Gasteiger partial charge in [-0.3, -0.25) is 0 Å². The molecule has 3 nitrogen and oxygen atoms in total. The molecule has 0 radical (unpaired) electrons. The van der Waals surface area contributed by atoms with E-state index in [0.29, 0.717) is 0 Å². The van der Waals surface area contributed by atoms with Crippen LogP contribution in [-0.4, -0.2) is 6.71 Å². The van der Waals surface area contributed by atoms with Crippen LogP contribution < -0.4 is 26.2 Å². The summed E-state index contributed by atoms with van der Waals surface area (Å²) in [7, 11) is 0. The number of anilines is 6. The lowest BCUT2D eigenvalue weighted by molar-refractivity contribution is 0.568. The predicted octanol–water partition coefficient (Wildman–Crippen LogP) is 32.8. The first-order chi connectivity index (χ1) is 59.7. The maximum absolute atomic E-state index is 7.09. The SMILES string of the molecule is CC(C)(C)c1cc(-c2ccc3c(c2)N(c2c(-c4ccccc4)cc(C(C)(C)C)cc2-c2ccccc2)c2cc(-c4cc(C(C)(C)C)cc(C(C)(C)C)c4)cc4c2B3c2cc(-c3cc(-c5ccccc5)cc(-c5ccccc5)c3)ccc2N4c2c(-c3cccc4oc5ccccc5c34)cc(C(C)(C)C)cc2-c2cccc3sc4ccccc4c23)cc(C(C)(C)C)c1. The number of rotatable bonds is 11. The maximum atomic E-state index is 7.09. The molecule has 0 spiro atoms. The minimum Gasteiger partial charge on any atom is -0.456 e.